The molecule has 81 heavy (non-hydrogen) atoms. The number of rotatable bonds is 17. The minimum atomic E-state index is -2.54. The molecule has 4 rings (SSSR count). The maximum absolute atomic E-state index is 15.8. The zero-order chi connectivity index (χ0) is 63.1. The maximum Gasteiger partial charge on any atom is 0.251 e. The minimum absolute atomic E-state index is 0.0555. The highest BCUT2D eigenvalue weighted by Gasteiger charge is 2.49. The fourth-order valence-corrected chi connectivity index (χ4v) is 14.2. The van der Waals surface area contributed by atoms with Gasteiger partial charge in [0.1, 0.15) is 46.4 Å². The summed E-state index contributed by atoms with van der Waals surface area (Å²) in [5.41, 5.74) is 2.16. The molecule has 17 heteroatoms. The average molecular weight is 1240 g/mol. The number of hydrogen-bond acceptors (Lipinski definition) is 9. The number of carbonyl (C=O) groups is 1. The van der Waals surface area contributed by atoms with Gasteiger partial charge in [0.15, 0.2) is 5.75 Å². The third-order valence-electron chi connectivity index (χ3n) is 20.3. The third kappa shape index (κ3) is 16.1. The molecule has 0 bridgehead atoms. The van der Waals surface area contributed by atoms with Crippen LogP contribution in [-0.4, -0.2) is 70.2 Å². The van der Waals surface area contributed by atoms with Crippen LogP contribution in [0.4, 0.5) is 0 Å². The maximum atomic E-state index is 15.8. The van der Waals surface area contributed by atoms with Crippen LogP contribution >= 0.6 is 0 Å². The standard InChI is InChI=1S/C64H117NO9Si7/c1-58(2,3)75(22,23)68-46-41-50-47(51(42-46)70-77(26,27)60(7,8)9)43-48(55(67-50)44-36-37-49(69-76(24,25)59(4,5)6)52(38-44)71-78(28,29)61(10,11)12)65-57(66)45-39-53(72-79(30,31)62(13,14)15)56(74-81(34,35)64(19,20)21)54(40-45)73-80(32,33)63(16,17)18/h36-42,48,55H,43H2,1-35H3,(H,65,66)/t48-,55+/m0/s1. The second-order valence-electron chi connectivity index (χ2n) is 34.3. The van der Waals surface area contributed by atoms with Crippen LogP contribution in [-0.2, 0) is 6.42 Å². The molecule has 0 aliphatic carbocycles. The van der Waals surface area contributed by atoms with Crippen LogP contribution < -0.4 is 41.0 Å². The predicted octanol–water partition coefficient (Wildman–Crippen LogP) is 20.8. The van der Waals surface area contributed by atoms with E-state index in [1.54, 1.807) is 0 Å². The van der Waals surface area contributed by atoms with Gasteiger partial charge in [-0.3, -0.25) is 4.79 Å². The monoisotopic (exact) mass is 1240 g/mol. The summed E-state index contributed by atoms with van der Waals surface area (Å²) in [6.45, 7) is 78.9. The van der Waals surface area contributed by atoms with E-state index < -0.39 is 70.4 Å². The highest BCUT2D eigenvalue weighted by atomic mass is 28.4. The predicted molar refractivity (Wildman–Crippen MR) is 362 cm³/mol. The molecule has 3 aromatic rings. The molecule has 1 amide bonds. The second-order valence-corrected chi connectivity index (χ2v) is 67.3. The Morgan fingerprint density at radius 3 is 1.12 bits per heavy atom. The van der Waals surface area contributed by atoms with Crippen LogP contribution in [0, 0.1) is 0 Å². The topological polar surface area (TPSA) is 103 Å². The largest absolute Gasteiger partial charge is 0.543 e. The number of carbonyl (C=O) groups excluding carboxylic acids is 1. The molecule has 3 aromatic carbocycles. The molecule has 10 nitrogen and oxygen atoms in total. The third-order valence-corrected chi connectivity index (χ3v) is 50.7. The van der Waals surface area contributed by atoms with Crippen molar-refractivity contribution in [2.75, 3.05) is 0 Å². The fourth-order valence-electron chi connectivity index (χ4n) is 7.10. The summed E-state index contributed by atoms with van der Waals surface area (Å²) in [6, 6.07) is 13.6. The average Bonchev–Trinajstić information content (AvgIpc) is 3.21. The summed E-state index contributed by atoms with van der Waals surface area (Å²) in [5, 5.41) is 2.85. The normalized spacial score (nSPS) is 16.9. The zero-order valence-electron chi connectivity index (χ0n) is 58.1. The summed E-state index contributed by atoms with van der Waals surface area (Å²) in [4.78, 5) is 15.8. The van der Waals surface area contributed by atoms with Gasteiger partial charge in [-0.05, 0) is 157 Å². The Kier molecular flexibility index (Phi) is 19.8. The van der Waals surface area contributed by atoms with Gasteiger partial charge in [-0.25, -0.2) is 0 Å². The van der Waals surface area contributed by atoms with Crippen molar-refractivity contribution in [3.8, 4) is 46.0 Å². The van der Waals surface area contributed by atoms with Gasteiger partial charge in [-0.15, -0.1) is 0 Å². The molecule has 0 radical (unpaired) electrons. The molecule has 0 aromatic heterocycles. The van der Waals surface area contributed by atoms with Crippen molar-refractivity contribution in [1.29, 1.82) is 0 Å². The first-order valence-electron chi connectivity index (χ1n) is 30.0. The molecule has 1 heterocycles. The molecule has 1 aliphatic heterocycles. The molecule has 0 spiro atoms. The molecule has 0 saturated carbocycles. The van der Waals surface area contributed by atoms with Gasteiger partial charge in [-0.1, -0.05) is 151 Å². The lowest BCUT2D eigenvalue weighted by Gasteiger charge is -2.42. The summed E-state index contributed by atoms with van der Waals surface area (Å²) in [6.07, 6.45) is -0.273. The Labute approximate surface area is 502 Å². The van der Waals surface area contributed by atoms with E-state index in [1.165, 1.54) is 0 Å². The van der Waals surface area contributed by atoms with Gasteiger partial charge in [-0.2, -0.15) is 0 Å². The van der Waals surface area contributed by atoms with Gasteiger partial charge in [0.05, 0.1) is 6.04 Å². The lowest BCUT2D eigenvalue weighted by atomic mass is 9.91. The number of hydrogen-bond donors (Lipinski definition) is 1. The number of amides is 1. The molecule has 0 unspecified atom stereocenters. The minimum Gasteiger partial charge on any atom is -0.543 e. The summed E-state index contributed by atoms with van der Waals surface area (Å²) in [7, 11) is -17.2. The van der Waals surface area contributed by atoms with Crippen molar-refractivity contribution in [3.63, 3.8) is 0 Å². The Balaban J connectivity index is 2.17. The van der Waals surface area contributed by atoms with Gasteiger partial charge >= 0.3 is 0 Å². The van der Waals surface area contributed by atoms with Crippen LogP contribution in [0.2, 0.25) is 127 Å². The van der Waals surface area contributed by atoms with E-state index in [0.29, 0.717) is 40.7 Å². The summed E-state index contributed by atoms with van der Waals surface area (Å²) in [5.74, 6) is 4.92. The first-order chi connectivity index (χ1) is 35.7. The van der Waals surface area contributed by atoms with E-state index in [-0.39, 0.29) is 41.2 Å². The Bertz CT molecular complexity index is 2690. The molecule has 2 atom stereocenters. The molecule has 0 fully saturated rings. The summed E-state index contributed by atoms with van der Waals surface area (Å²) >= 11 is 0. The first-order valence-corrected chi connectivity index (χ1v) is 50.3. The molecular weight excluding hydrogens is 1120 g/mol. The Morgan fingerprint density at radius 2 is 0.741 bits per heavy atom. The lowest BCUT2D eigenvalue weighted by Crippen LogP contribution is -2.47. The fraction of sp³-hybridized carbons (Fsp3) is 0.703. The number of ether oxygens (including phenoxy) is 1. The SMILES string of the molecule is CC(C)(C)[Si](C)(C)Oc1cc2c(c(O[Si](C)(C)C(C)(C)C)c1)C[C@H](NC(=O)c1cc(O[Si](C)(C)C(C)(C)C)c(O[Si](C)(C)C(C)(C)C)c(O[Si](C)(C)C(C)(C)C)c1)[C@@H](c1ccc(O[Si](C)(C)C(C)(C)C)c(O[Si](C)(C)C(C)(C)C)c1)O2. The van der Waals surface area contributed by atoms with E-state index >= 15 is 4.79 Å². The van der Waals surface area contributed by atoms with E-state index in [4.69, 9.17) is 35.7 Å². The zero-order valence-corrected chi connectivity index (χ0v) is 65.1. The summed E-state index contributed by atoms with van der Waals surface area (Å²) < 4.78 is 58.4. The van der Waals surface area contributed by atoms with E-state index in [2.05, 4.69) is 273 Å². The first kappa shape index (κ1) is 70.5. The Morgan fingerprint density at radius 1 is 0.407 bits per heavy atom. The van der Waals surface area contributed by atoms with Crippen LogP contribution in [0.15, 0.2) is 42.5 Å². The second kappa shape index (κ2) is 22.7. The van der Waals surface area contributed by atoms with Crippen molar-refractivity contribution in [2.45, 2.75) is 291 Å². The van der Waals surface area contributed by atoms with Gasteiger partial charge < -0.3 is 41.0 Å². The number of fused-ring (bicyclic) bond motifs is 1. The van der Waals surface area contributed by atoms with Crippen molar-refractivity contribution in [3.05, 3.63) is 59.2 Å². The van der Waals surface area contributed by atoms with Crippen LogP contribution in [0.5, 0.6) is 46.0 Å². The van der Waals surface area contributed by atoms with E-state index in [0.717, 1.165) is 28.4 Å². The number of benzene rings is 3. The molecule has 1 aliphatic rings. The highest BCUT2D eigenvalue weighted by Crippen LogP contribution is 2.53. The van der Waals surface area contributed by atoms with Gasteiger partial charge in [0, 0.05) is 29.7 Å². The molecule has 460 valence electrons. The highest BCUT2D eigenvalue weighted by molar-refractivity contribution is 6.77. The van der Waals surface area contributed by atoms with Crippen molar-refractivity contribution >= 4 is 64.1 Å². The van der Waals surface area contributed by atoms with E-state index in [1.807, 2.05) is 12.1 Å². The lowest BCUT2D eigenvalue weighted by molar-refractivity contribution is 0.0837. The quantitative estimate of drug-likeness (QED) is 0.132. The van der Waals surface area contributed by atoms with Crippen LogP contribution in [0.3, 0.4) is 0 Å². The van der Waals surface area contributed by atoms with Gasteiger partial charge in [0.25, 0.3) is 47.5 Å². The Hall–Kier alpha value is -2.95. The molecular formula is C64H117NO9Si7. The van der Waals surface area contributed by atoms with Crippen LogP contribution in [0.1, 0.15) is 173 Å². The van der Waals surface area contributed by atoms with E-state index in [9.17, 15) is 0 Å². The molecule has 1 N–H and O–H groups in total. The number of nitrogens with one attached hydrogen (secondary N) is 1. The van der Waals surface area contributed by atoms with Crippen molar-refractivity contribution in [2.24, 2.45) is 0 Å². The van der Waals surface area contributed by atoms with Crippen LogP contribution in [0.25, 0.3) is 0 Å². The van der Waals surface area contributed by atoms with Crippen molar-refractivity contribution in [1.82, 2.24) is 5.32 Å². The van der Waals surface area contributed by atoms with Gasteiger partial charge in [0.2, 0.25) is 16.6 Å². The molecule has 0 saturated heterocycles. The van der Waals surface area contributed by atoms with Crippen molar-refractivity contribution < 1.29 is 40.5 Å². The smallest absolute Gasteiger partial charge is 0.251 e.